The number of amides is 1. The van der Waals surface area contributed by atoms with E-state index in [0.29, 0.717) is 15.8 Å². The Kier molecular flexibility index (Phi) is 6.75. The minimum Gasteiger partial charge on any atom is -0.484 e. The van der Waals surface area contributed by atoms with Gasteiger partial charge in [-0.3, -0.25) is 4.79 Å². The highest BCUT2D eigenvalue weighted by molar-refractivity contribution is 6.34. The molecule has 23 heavy (non-hydrogen) atoms. The third kappa shape index (κ3) is 6.51. The van der Waals surface area contributed by atoms with Crippen molar-refractivity contribution in [2.75, 3.05) is 6.61 Å². The fourth-order valence-corrected chi connectivity index (χ4v) is 2.68. The second kappa shape index (κ2) is 8.80. The zero-order valence-electron chi connectivity index (χ0n) is 12.9. The Morgan fingerprint density at radius 2 is 1.78 bits per heavy atom. The molecule has 0 aliphatic rings. The Balaban J connectivity index is 1.73. The molecule has 3 nitrogen and oxygen atoms in total. The fourth-order valence-electron chi connectivity index (χ4n) is 2.18. The molecule has 2 rings (SSSR count). The first-order chi connectivity index (χ1) is 11.0. The molecular formula is C18H19Cl2NO2. The average Bonchev–Trinajstić information content (AvgIpc) is 2.51. The standard InChI is InChI=1S/C18H19Cl2NO2/c1-13(7-8-14-5-3-2-4-6-14)21-18(22)12-23-17-10-15(19)9-16(20)11-17/h2-6,9-11,13H,7-8,12H2,1H3,(H,21,22)/t13-/m1/s1. The van der Waals surface area contributed by atoms with E-state index in [-0.39, 0.29) is 18.6 Å². The highest BCUT2D eigenvalue weighted by Crippen LogP contribution is 2.24. The highest BCUT2D eigenvalue weighted by Gasteiger charge is 2.09. The molecule has 1 amide bonds. The lowest BCUT2D eigenvalue weighted by molar-refractivity contribution is -0.123. The van der Waals surface area contributed by atoms with Crippen LogP contribution in [0.25, 0.3) is 0 Å². The maximum atomic E-state index is 11.9. The van der Waals surface area contributed by atoms with Crippen LogP contribution in [0, 0.1) is 0 Å². The molecule has 0 aliphatic heterocycles. The van der Waals surface area contributed by atoms with Crippen molar-refractivity contribution in [3.8, 4) is 5.75 Å². The Bertz CT molecular complexity index is 626. The lowest BCUT2D eigenvalue weighted by Gasteiger charge is -2.14. The summed E-state index contributed by atoms with van der Waals surface area (Å²) >= 11 is 11.8. The Morgan fingerprint density at radius 3 is 2.43 bits per heavy atom. The van der Waals surface area contributed by atoms with E-state index in [9.17, 15) is 4.79 Å². The molecule has 0 unspecified atom stereocenters. The van der Waals surface area contributed by atoms with Gasteiger partial charge in [-0.15, -0.1) is 0 Å². The largest absolute Gasteiger partial charge is 0.484 e. The summed E-state index contributed by atoms with van der Waals surface area (Å²) in [5, 5.41) is 3.87. The number of hydrogen-bond acceptors (Lipinski definition) is 2. The molecule has 0 aliphatic carbocycles. The van der Waals surface area contributed by atoms with E-state index in [4.69, 9.17) is 27.9 Å². The second-order valence-electron chi connectivity index (χ2n) is 5.39. The molecule has 0 spiro atoms. The van der Waals surface area contributed by atoms with Gasteiger partial charge in [0.1, 0.15) is 5.75 Å². The summed E-state index contributed by atoms with van der Waals surface area (Å²) in [6.45, 7) is 1.92. The zero-order valence-corrected chi connectivity index (χ0v) is 14.4. The molecule has 0 saturated carbocycles. The van der Waals surface area contributed by atoms with Crippen molar-refractivity contribution in [3.63, 3.8) is 0 Å². The molecule has 5 heteroatoms. The number of benzene rings is 2. The number of nitrogens with one attached hydrogen (secondary N) is 1. The molecule has 0 aromatic heterocycles. The third-order valence-corrected chi connectivity index (χ3v) is 3.76. The number of hydrogen-bond donors (Lipinski definition) is 1. The first kappa shape index (κ1) is 17.6. The van der Waals surface area contributed by atoms with Crippen LogP contribution in [0.5, 0.6) is 5.75 Å². The van der Waals surface area contributed by atoms with Crippen LogP contribution in [0.1, 0.15) is 18.9 Å². The summed E-state index contributed by atoms with van der Waals surface area (Å²) in [4.78, 5) is 11.9. The molecule has 2 aromatic rings. The summed E-state index contributed by atoms with van der Waals surface area (Å²) in [5.74, 6) is 0.316. The number of carbonyl (C=O) groups is 1. The van der Waals surface area contributed by atoms with Gasteiger partial charge >= 0.3 is 0 Å². The van der Waals surface area contributed by atoms with Crippen molar-refractivity contribution in [1.29, 1.82) is 0 Å². The van der Waals surface area contributed by atoms with E-state index in [1.54, 1.807) is 18.2 Å². The number of rotatable bonds is 7. The quantitative estimate of drug-likeness (QED) is 0.796. The summed E-state index contributed by atoms with van der Waals surface area (Å²) < 4.78 is 5.41. The van der Waals surface area contributed by atoms with Crippen LogP contribution in [-0.4, -0.2) is 18.6 Å². The van der Waals surface area contributed by atoms with E-state index >= 15 is 0 Å². The summed E-state index contributed by atoms with van der Waals surface area (Å²) in [5.41, 5.74) is 1.26. The van der Waals surface area contributed by atoms with Crippen molar-refractivity contribution >= 4 is 29.1 Å². The molecule has 0 fully saturated rings. The van der Waals surface area contributed by atoms with Gasteiger partial charge in [-0.1, -0.05) is 53.5 Å². The van der Waals surface area contributed by atoms with Crippen LogP contribution < -0.4 is 10.1 Å². The van der Waals surface area contributed by atoms with Crippen molar-refractivity contribution in [2.24, 2.45) is 0 Å². The smallest absolute Gasteiger partial charge is 0.258 e. The summed E-state index contributed by atoms with van der Waals surface area (Å²) in [6, 6.07) is 15.1. The van der Waals surface area contributed by atoms with E-state index < -0.39 is 0 Å². The second-order valence-corrected chi connectivity index (χ2v) is 6.26. The van der Waals surface area contributed by atoms with E-state index in [1.807, 2.05) is 25.1 Å². The van der Waals surface area contributed by atoms with Crippen LogP contribution in [-0.2, 0) is 11.2 Å². The van der Waals surface area contributed by atoms with Crippen molar-refractivity contribution in [1.82, 2.24) is 5.32 Å². The Labute approximate surface area is 146 Å². The predicted octanol–water partition coefficient (Wildman–Crippen LogP) is 4.51. The summed E-state index contributed by atoms with van der Waals surface area (Å²) in [6.07, 6.45) is 1.80. The van der Waals surface area contributed by atoms with Crippen molar-refractivity contribution in [3.05, 3.63) is 64.1 Å². The van der Waals surface area contributed by atoms with Gasteiger partial charge in [0.2, 0.25) is 0 Å². The zero-order chi connectivity index (χ0) is 16.7. The van der Waals surface area contributed by atoms with Gasteiger partial charge in [-0.05, 0) is 43.5 Å². The van der Waals surface area contributed by atoms with Gasteiger partial charge < -0.3 is 10.1 Å². The van der Waals surface area contributed by atoms with Gasteiger partial charge in [-0.25, -0.2) is 0 Å². The van der Waals surface area contributed by atoms with Crippen LogP contribution in [0.3, 0.4) is 0 Å². The van der Waals surface area contributed by atoms with Gasteiger partial charge in [0, 0.05) is 16.1 Å². The van der Waals surface area contributed by atoms with Crippen molar-refractivity contribution in [2.45, 2.75) is 25.8 Å². The molecule has 1 atom stereocenters. The Morgan fingerprint density at radius 1 is 1.13 bits per heavy atom. The normalized spacial score (nSPS) is 11.8. The van der Waals surface area contributed by atoms with Crippen LogP contribution in [0.15, 0.2) is 48.5 Å². The first-order valence-corrected chi connectivity index (χ1v) is 8.20. The molecule has 0 radical (unpaired) electrons. The third-order valence-electron chi connectivity index (χ3n) is 3.32. The first-order valence-electron chi connectivity index (χ1n) is 7.45. The van der Waals surface area contributed by atoms with E-state index in [2.05, 4.69) is 17.4 Å². The number of ether oxygens (including phenoxy) is 1. The molecule has 122 valence electrons. The maximum absolute atomic E-state index is 11.9. The van der Waals surface area contributed by atoms with E-state index in [0.717, 1.165) is 12.8 Å². The lowest BCUT2D eigenvalue weighted by atomic mass is 10.1. The lowest BCUT2D eigenvalue weighted by Crippen LogP contribution is -2.36. The van der Waals surface area contributed by atoms with Crippen LogP contribution >= 0.6 is 23.2 Å². The number of aryl methyl sites for hydroxylation is 1. The molecular weight excluding hydrogens is 333 g/mol. The molecule has 0 saturated heterocycles. The number of carbonyl (C=O) groups excluding carboxylic acids is 1. The predicted molar refractivity (Wildman–Crippen MR) is 94.3 cm³/mol. The summed E-state index contributed by atoms with van der Waals surface area (Å²) in [7, 11) is 0. The van der Waals surface area contributed by atoms with Crippen LogP contribution in [0.4, 0.5) is 0 Å². The van der Waals surface area contributed by atoms with Gasteiger partial charge in [-0.2, -0.15) is 0 Å². The highest BCUT2D eigenvalue weighted by atomic mass is 35.5. The van der Waals surface area contributed by atoms with Gasteiger partial charge in [0.15, 0.2) is 6.61 Å². The van der Waals surface area contributed by atoms with Gasteiger partial charge in [0.05, 0.1) is 0 Å². The van der Waals surface area contributed by atoms with Crippen LogP contribution in [0.2, 0.25) is 10.0 Å². The van der Waals surface area contributed by atoms with E-state index in [1.165, 1.54) is 5.56 Å². The maximum Gasteiger partial charge on any atom is 0.258 e. The van der Waals surface area contributed by atoms with Crippen molar-refractivity contribution < 1.29 is 9.53 Å². The fraction of sp³-hybridized carbons (Fsp3) is 0.278. The molecule has 1 N–H and O–H groups in total. The monoisotopic (exact) mass is 351 g/mol. The SMILES string of the molecule is C[C@H](CCc1ccccc1)NC(=O)COc1cc(Cl)cc(Cl)c1. The molecule has 2 aromatic carbocycles. The molecule has 0 bridgehead atoms. The topological polar surface area (TPSA) is 38.3 Å². The van der Waals surface area contributed by atoms with Gasteiger partial charge in [0.25, 0.3) is 5.91 Å². The molecule has 0 heterocycles. The minimum absolute atomic E-state index is 0.0631. The average molecular weight is 352 g/mol. The minimum atomic E-state index is -0.165. The Hall–Kier alpha value is -1.71. The number of halogens is 2.